The molecule has 0 bridgehead atoms. The van der Waals surface area contributed by atoms with Crippen molar-refractivity contribution in [3.05, 3.63) is 34.1 Å². The maximum Gasteiger partial charge on any atom is 0.150 e. The number of hydrogen-bond acceptors (Lipinski definition) is 3. The Hall–Kier alpha value is -0.460. The van der Waals surface area contributed by atoms with Gasteiger partial charge in [0.25, 0.3) is 0 Å². The first-order valence-electron chi connectivity index (χ1n) is 6.79. The van der Waals surface area contributed by atoms with Crippen molar-refractivity contribution in [1.82, 2.24) is 5.32 Å². The first-order chi connectivity index (χ1) is 9.41. The molecule has 114 valence electrons. The van der Waals surface area contributed by atoms with Crippen molar-refractivity contribution in [2.24, 2.45) is 0 Å². The summed E-state index contributed by atoms with van der Waals surface area (Å²) < 4.78 is 37.7. The molecule has 1 atom stereocenters. The van der Waals surface area contributed by atoms with Crippen LogP contribution in [0.5, 0.6) is 0 Å². The lowest BCUT2D eigenvalue weighted by molar-refractivity contribution is 0.477. The molecule has 0 saturated heterocycles. The minimum atomic E-state index is -2.97. The Balaban J connectivity index is 2.80. The van der Waals surface area contributed by atoms with E-state index in [1.165, 1.54) is 6.07 Å². The van der Waals surface area contributed by atoms with Gasteiger partial charge >= 0.3 is 0 Å². The van der Waals surface area contributed by atoms with Crippen LogP contribution < -0.4 is 5.32 Å². The second-order valence-electron chi connectivity index (χ2n) is 4.62. The molecule has 1 rings (SSSR count). The molecule has 3 nitrogen and oxygen atoms in total. The highest BCUT2D eigenvalue weighted by molar-refractivity contribution is 9.10. The highest BCUT2D eigenvalue weighted by atomic mass is 79.9. The van der Waals surface area contributed by atoms with E-state index in [0.29, 0.717) is 29.4 Å². The molecule has 0 radical (unpaired) electrons. The van der Waals surface area contributed by atoms with Crippen molar-refractivity contribution < 1.29 is 12.8 Å². The number of sulfone groups is 1. The Bertz CT molecular complexity index is 514. The van der Waals surface area contributed by atoms with Crippen molar-refractivity contribution in [1.29, 1.82) is 0 Å². The highest BCUT2D eigenvalue weighted by Gasteiger charge is 2.18. The molecule has 1 aromatic carbocycles. The van der Waals surface area contributed by atoms with E-state index in [2.05, 4.69) is 21.2 Å². The number of benzene rings is 1. The second-order valence-corrected chi connectivity index (χ2v) is 7.95. The van der Waals surface area contributed by atoms with Crippen molar-refractivity contribution in [3.8, 4) is 0 Å². The Morgan fingerprint density at radius 3 is 2.60 bits per heavy atom. The van der Waals surface area contributed by atoms with Crippen molar-refractivity contribution in [2.75, 3.05) is 18.1 Å². The third kappa shape index (κ3) is 5.14. The van der Waals surface area contributed by atoms with Gasteiger partial charge in [-0.15, -0.1) is 0 Å². The van der Waals surface area contributed by atoms with Gasteiger partial charge in [0.05, 0.1) is 5.75 Å². The average Bonchev–Trinajstić information content (AvgIpc) is 2.38. The number of rotatable bonds is 8. The molecule has 0 heterocycles. The monoisotopic (exact) mass is 365 g/mol. The molecule has 20 heavy (non-hydrogen) atoms. The fourth-order valence-corrected chi connectivity index (χ4v) is 3.60. The fraction of sp³-hybridized carbons (Fsp3) is 0.571. The van der Waals surface area contributed by atoms with Gasteiger partial charge in [0.1, 0.15) is 15.7 Å². The minimum absolute atomic E-state index is 0.150. The van der Waals surface area contributed by atoms with E-state index in [1.807, 2.05) is 6.92 Å². The number of halogens is 2. The van der Waals surface area contributed by atoms with Crippen molar-refractivity contribution >= 4 is 25.8 Å². The normalized spacial score (nSPS) is 13.4. The summed E-state index contributed by atoms with van der Waals surface area (Å²) in [5.41, 5.74) is 0.572. The van der Waals surface area contributed by atoms with Crippen LogP contribution in [0.4, 0.5) is 4.39 Å². The van der Waals surface area contributed by atoms with Crippen molar-refractivity contribution in [2.45, 2.75) is 32.7 Å². The van der Waals surface area contributed by atoms with Gasteiger partial charge in [0.15, 0.2) is 0 Å². The van der Waals surface area contributed by atoms with Gasteiger partial charge in [-0.05, 0) is 31.5 Å². The molecular weight excluding hydrogens is 345 g/mol. The smallest absolute Gasteiger partial charge is 0.150 e. The first-order valence-corrected chi connectivity index (χ1v) is 9.40. The summed E-state index contributed by atoms with van der Waals surface area (Å²) in [7, 11) is -2.97. The van der Waals surface area contributed by atoms with Crippen LogP contribution in [0.3, 0.4) is 0 Å². The lowest BCUT2D eigenvalue weighted by Gasteiger charge is -2.20. The quantitative estimate of drug-likeness (QED) is 0.767. The third-order valence-electron chi connectivity index (χ3n) is 3.19. The zero-order valence-corrected chi connectivity index (χ0v) is 14.2. The molecule has 0 fully saturated rings. The van der Waals surface area contributed by atoms with Crippen LogP contribution in [0.25, 0.3) is 0 Å². The standard InChI is InChI=1S/C14H21BrFNO2S/c1-3-17-13(9-6-10-20(18,19)4-2)14-11(15)7-5-8-12(14)16/h5,7-8,13,17H,3-4,6,9-10H2,1-2H3. The van der Waals surface area contributed by atoms with Crippen molar-refractivity contribution in [3.63, 3.8) is 0 Å². The van der Waals surface area contributed by atoms with Crippen LogP contribution in [0.1, 0.15) is 38.3 Å². The molecule has 0 aliphatic carbocycles. The van der Waals surface area contributed by atoms with Crippen LogP contribution in [-0.4, -0.2) is 26.5 Å². The maximum absolute atomic E-state index is 14.0. The summed E-state index contributed by atoms with van der Waals surface area (Å²) in [5, 5.41) is 3.22. The van der Waals surface area contributed by atoms with Gasteiger partial charge in [0.2, 0.25) is 0 Å². The average molecular weight is 366 g/mol. The zero-order valence-electron chi connectivity index (χ0n) is 11.8. The van der Waals surface area contributed by atoms with E-state index in [9.17, 15) is 12.8 Å². The largest absolute Gasteiger partial charge is 0.310 e. The molecular formula is C14H21BrFNO2S. The van der Waals surface area contributed by atoms with Crippen LogP contribution in [0.2, 0.25) is 0 Å². The minimum Gasteiger partial charge on any atom is -0.310 e. The van der Waals surface area contributed by atoms with E-state index < -0.39 is 9.84 Å². The lowest BCUT2D eigenvalue weighted by Crippen LogP contribution is -2.23. The van der Waals surface area contributed by atoms with Crippen LogP contribution in [-0.2, 0) is 9.84 Å². The fourth-order valence-electron chi connectivity index (χ4n) is 2.09. The Labute approximate surface area is 129 Å². The van der Waals surface area contributed by atoms with E-state index in [4.69, 9.17) is 0 Å². The maximum atomic E-state index is 14.0. The molecule has 0 saturated carbocycles. The molecule has 0 amide bonds. The topological polar surface area (TPSA) is 46.2 Å². The summed E-state index contributed by atoms with van der Waals surface area (Å²) >= 11 is 3.36. The molecule has 0 spiro atoms. The zero-order chi connectivity index (χ0) is 15.2. The first kappa shape index (κ1) is 17.6. The van der Waals surface area contributed by atoms with Crippen LogP contribution in [0.15, 0.2) is 22.7 Å². The molecule has 1 N–H and O–H groups in total. The van der Waals surface area contributed by atoms with Gasteiger partial charge in [0, 0.05) is 21.8 Å². The summed E-state index contributed by atoms with van der Waals surface area (Å²) in [4.78, 5) is 0. The van der Waals surface area contributed by atoms with Crippen LogP contribution >= 0.6 is 15.9 Å². The summed E-state index contributed by atoms with van der Waals surface area (Å²) in [5.74, 6) is 0.0309. The number of hydrogen-bond donors (Lipinski definition) is 1. The number of nitrogens with one attached hydrogen (secondary N) is 1. The summed E-state index contributed by atoms with van der Waals surface area (Å²) in [6.07, 6.45) is 1.11. The van der Waals surface area contributed by atoms with E-state index in [-0.39, 0.29) is 23.4 Å². The van der Waals surface area contributed by atoms with Gasteiger partial charge in [-0.25, -0.2) is 12.8 Å². The SMILES string of the molecule is CCNC(CCCS(=O)(=O)CC)c1c(F)cccc1Br. The molecule has 0 aliphatic rings. The second kappa shape index (κ2) is 8.10. The summed E-state index contributed by atoms with van der Waals surface area (Å²) in [6.45, 7) is 4.29. The Morgan fingerprint density at radius 2 is 2.05 bits per heavy atom. The molecule has 0 aliphatic heterocycles. The Kier molecular flexibility index (Phi) is 7.12. The van der Waals surface area contributed by atoms with Gasteiger partial charge in [-0.3, -0.25) is 0 Å². The molecule has 6 heteroatoms. The third-order valence-corrected chi connectivity index (χ3v) is 5.67. The van der Waals surface area contributed by atoms with Gasteiger partial charge < -0.3 is 5.32 Å². The van der Waals surface area contributed by atoms with Gasteiger partial charge in [-0.2, -0.15) is 0 Å². The van der Waals surface area contributed by atoms with Crippen LogP contribution in [0, 0.1) is 5.82 Å². The molecule has 0 aromatic heterocycles. The van der Waals surface area contributed by atoms with Gasteiger partial charge in [-0.1, -0.05) is 35.8 Å². The van der Waals surface area contributed by atoms with E-state index in [1.54, 1.807) is 19.1 Å². The molecule has 1 aromatic rings. The Morgan fingerprint density at radius 1 is 1.35 bits per heavy atom. The van der Waals surface area contributed by atoms with E-state index >= 15 is 0 Å². The predicted molar refractivity (Wildman–Crippen MR) is 84.1 cm³/mol. The lowest BCUT2D eigenvalue weighted by atomic mass is 10.0. The summed E-state index contributed by atoms with van der Waals surface area (Å²) in [6, 6.07) is 4.69. The van der Waals surface area contributed by atoms with E-state index in [0.717, 1.165) is 0 Å². The highest BCUT2D eigenvalue weighted by Crippen LogP contribution is 2.29. The molecule has 1 unspecified atom stereocenters. The predicted octanol–water partition coefficient (Wildman–Crippen LogP) is 3.45.